The summed E-state index contributed by atoms with van der Waals surface area (Å²) in [6.07, 6.45) is 0. The van der Waals surface area contributed by atoms with Gasteiger partial charge in [0, 0.05) is 10.0 Å². The normalized spacial score (nSPS) is 10.5. The zero-order valence-corrected chi connectivity index (χ0v) is 9.69. The van der Waals surface area contributed by atoms with Gasteiger partial charge in [-0.15, -0.1) is 10.2 Å². The Morgan fingerprint density at radius 3 is 2.67 bits per heavy atom. The van der Waals surface area contributed by atoms with E-state index in [4.69, 9.17) is 11.6 Å². The highest BCUT2D eigenvalue weighted by Crippen LogP contribution is 2.27. The number of hydrogen-bond donors (Lipinski definition) is 2. The Balaban J connectivity index is 2.64. The Hall–Kier alpha value is -1.56. The molecule has 0 fully saturated rings. The lowest BCUT2D eigenvalue weighted by Crippen LogP contribution is -2.13. The number of nitrogen functional groups attached to an aromatic ring is 2. The van der Waals surface area contributed by atoms with Crippen LogP contribution >= 0.6 is 15.9 Å². The summed E-state index contributed by atoms with van der Waals surface area (Å²) in [6, 6.07) is 5.80. The number of aromatic nitrogens is 3. The third kappa shape index (κ3) is 1.56. The predicted molar refractivity (Wildman–Crippen MR) is 62.5 cm³/mol. The van der Waals surface area contributed by atoms with Crippen molar-refractivity contribution in [3.05, 3.63) is 28.2 Å². The molecule has 0 amide bonds. The van der Waals surface area contributed by atoms with Gasteiger partial charge in [-0.1, -0.05) is 28.1 Å². The number of hydrogen-bond acceptors (Lipinski definition) is 4. The molecule has 1 aromatic carbocycles. The molecule has 78 valence electrons. The van der Waals surface area contributed by atoms with Crippen LogP contribution in [0.25, 0.3) is 11.4 Å². The van der Waals surface area contributed by atoms with Gasteiger partial charge in [-0.3, -0.25) is 0 Å². The van der Waals surface area contributed by atoms with Gasteiger partial charge in [0.05, 0.1) is 0 Å². The van der Waals surface area contributed by atoms with Crippen LogP contribution in [0.15, 0.2) is 22.7 Å². The molecule has 15 heavy (non-hydrogen) atoms. The second kappa shape index (κ2) is 3.54. The molecule has 5 nitrogen and oxygen atoms in total. The predicted octanol–water partition coefficient (Wildman–Crippen LogP) is 1.31. The van der Waals surface area contributed by atoms with Gasteiger partial charge in [-0.2, -0.15) is 0 Å². The molecule has 0 unspecified atom stereocenters. The molecule has 0 spiro atoms. The van der Waals surface area contributed by atoms with Crippen LogP contribution in [0.4, 0.5) is 5.95 Å². The second-order valence-electron chi connectivity index (χ2n) is 3.16. The van der Waals surface area contributed by atoms with E-state index in [9.17, 15) is 0 Å². The van der Waals surface area contributed by atoms with E-state index in [1.165, 1.54) is 4.68 Å². The first kappa shape index (κ1) is 9.97. The largest absolute Gasteiger partial charge is 0.366 e. The van der Waals surface area contributed by atoms with E-state index in [-0.39, 0.29) is 5.95 Å². The van der Waals surface area contributed by atoms with Crippen molar-refractivity contribution in [3.8, 4) is 11.4 Å². The van der Waals surface area contributed by atoms with Gasteiger partial charge in [-0.25, -0.2) is 4.68 Å². The molecule has 0 saturated heterocycles. The molecule has 2 rings (SSSR count). The summed E-state index contributed by atoms with van der Waals surface area (Å²) in [5.41, 5.74) is 7.48. The SMILES string of the molecule is Cc1c(Br)cccc1-c1nnc(N)n1N. The van der Waals surface area contributed by atoms with E-state index in [1.807, 2.05) is 25.1 Å². The molecule has 6 heteroatoms. The molecule has 0 atom stereocenters. The molecular formula is C9H10BrN5. The molecule has 1 aromatic heterocycles. The topological polar surface area (TPSA) is 82.8 Å². The Bertz CT molecular complexity index is 505. The van der Waals surface area contributed by atoms with Gasteiger partial charge in [0.15, 0.2) is 5.82 Å². The number of rotatable bonds is 1. The van der Waals surface area contributed by atoms with Crippen LogP contribution in [0.1, 0.15) is 5.56 Å². The first-order valence-corrected chi connectivity index (χ1v) is 5.12. The van der Waals surface area contributed by atoms with Crippen molar-refractivity contribution >= 4 is 21.9 Å². The maximum atomic E-state index is 5.70. The number of nitrogens with two attached hydrogens (primary N) is 2. The summed E-state index contributed by atoms with van der Waals surface area (Å²) in [5.74, 6) is 6.46. The maximum Gasteiger partial charge on any atom is 0.241 e. The van der Waals surface area contributed by atoms with E-state index in [0.29, 0.717) is 5.82 Å². The first-order valence-electron chi connectivity index (χ1n) is 4.32. The van der Waals surface area contributed by atoms with Gasteiger partial charge in [0.25, 0.3) is 0 Å². The molecular weight excluding hydrogens is 258 g/mol. The number of benzene rings is 1. The number of halogens is 1. The van der Waals surface area contributed by atoms with E-state index >= 15 is 0 Å². The number of anilines is 1. The van der Waals surface area contributed by atoms with Crippen LogP contribution in [0, 0.1) is 6.92 Å². The molecule has 0 bridgehead atoms. The van der Waals surface area contributed by atoms with Gasteiger partial charge >= 0.3 is 0 Å². The molecule has 2 aromatic rings. The summed E-state index contributed by atoms with van der Waals surface area (Å²) in [4.78, 5) is 0. The quantitative estimate of drug-likeness (QED) is 0.764. The summed E-state index contributed by atoms with van der Waals surface area (Å²) >= 11 is 3.45. The van der Waals surface area contributed by atoms with Crippen LogP contribution in [-0.2, 0) is 0 Å². The smallest absolute Gasteiger partial charge is 0.241 e. The molecule has 1 heterocycles. The zero-order chi connectivity index (χ0) is 11.0. The van der Waals surface area contributed by atoms with Gasteiger partial charge < -0.3 is 11.6 Å². The van der Waals surface area contributed by atoms with Gasteiger partial charge in [0.1, 0.15) is 0 Å². The van der Waals surface area contributed by atoms with E-state index in [0.717, 1.165) is 15.6 Å². The van der Waals surface area contributed by atoms with Crippen LogP contribution in [-0.4, -0.2) is 14.9 Å². The average Bonchev–Trinajstić information content (AvgIpc) is 2.53. The highest BCUT2D eigenvalue weighted by molar-refractivity contribution is 9.10. The molecule has 0 radical (unpaired) electrons. The van der Waals surface area contributed by atoms with E-state index < -0.39 is 0 Å². The Kier molecular flexibility index (Phi) is 2.36. The van der Waals surface area contributed by atoms with Crippen molar-refractivity contribution in [1.29, 1.82) is 0 Å². The number of nitrogens with zero attached hydrogens (tertiary/aromatic N) is 3. The van der Waals surface area contributed by atoms with Crippen molar-refractivity contribution in [2.24, 2.45) is 0 Å². The second-order valence-corrected chi connectivity index (χ2v) is 4.02. The maximum absolute atomic E-state index is 5.70. The molecule has 0 aliphatic carbocycles. The van der Waals surface area contributed by atoms with E-state index in [1.54, 1.807) is 0 Å². The summed E-state index contributed by atoms with van der Waals surface area (Å²) in [6.45, 7) is 1.98. The Morgan fingerprint density at radius 1 is 1.33 bits per heavy atom. The molecule has 0 aliphatic heterocycles. The lowest BCUT2D eigenvalue weighted by Gasteiger charge is -2.06. The minimum absolute atomic E-state index is 0.198. The highest BCUT2D eigenvalue weighted by atomic mass is 79.9. The van der Waals surface area contributed by atoms with Crippen molar-refractivity contribution in [1.82, 2.24) is 14.9 Å². The Labute approximate surface area is 95.2 Å². The fraction of sp³-hybridized carbons (Fsp3) is 0.111. The summed E-state index contributed by atoms with van der Waals surface area (Å²) < 4.78 is 2.27. The lowest BCUT2D eigenvalue weighted by atomic mass is 10.1. The van der Waals surface area contributed by atoms with Gasteiger partial charge in [0.2, 0.25) is 5.95 Å². The van der Waals surface area contributed by atoms with Crippen LogP contribution < -0.4 is 11.6 Å². The van der Waals surface area contributed by atoms with Crippen molar-refractivity contribution in [2.45, 2.75) is 6.92 Å². The Morgan fingerprint density at radius 2 is 2.07 bits per heavy atom. The van der Waals surface area contributed by atoms with Crippen LogP contribution in [0.5, 0.6) is 0 Å². The zero-order valence-electron chi connectivity index (χ0n) is 8.11. The fourth-order valence-electron chi connectivity index (χ4n) is 1.34. The molecule has 4 N–H and O–H groups in total. The van der Waals surface area contributed by atoms with E-state index in [2.05, 4.69) is 26.1 Å². The summed E-state index contributed by atoms with van der Waals surface area (Å²) in [5, 5.41) is 7.64. The van der Waals surface area contributed by atoms with Crippen LogP contribution in [0.2, 0.25) is 0 Å². The standard InChI is InChI=1S/C9H10BrN5/c1-5-6(3-2-4-7(5)10)8-13-14-9(11)15(8)12/h2-4H,12H2,1H3,(H2,11,14). The molecule has 0 aliphatic rings. The van der Waals surface area contributed by atoms with Crippen LogP contribution in [0.3, 0.4) is 0 Å². The monoisotopic (exact) mass is 267 g/mol. The lowest BCUT2D eigenvalue weighted by molar-refractivity contribution is 1.02. The minimum atomic E-state index is 0.198. The van der Waals surface area contributed by atoms with Crippen molar-refractivity contribution in [3.63, 3.8) is 0 Å². The molecule has 0 saturated carbocycles. The van der Waals surface area contributed by atoms with Crippen molar-refractivity contribution < 1.29 is 0 Å². The minimum Gasteiger partial charge on any atom is -0.366 e. The fourth-order valence-corrected chi connectivity index (χ4v) is 1.70. The first-order chi connectivity index (χ1) is 7.11. The summed E-state index contributed by atoms with van der Waals surface area (Å²) in [7, 11) is 0. The van der Waals surface area contributed by atoms with Crippen molar-refractivity contribution in [2.75, 3.05) is 11.6 Å². The third-order valence-corrected chi connectivity index (χ3v) is 3.09. The third-order valence-electron chi connectivity index (χ3n) is 2.23. The highest BCUT2D eigenvalue weighted by Gasteiger charge is 2.12. The van der Waals surface area contributed by atoms with Gasteiger partial charge in [-0.05, 0) is 18.6 Å². The average molecular weight is 268 g/mol.